The summed E-state index contributed by atoms with van der Waals surface area (Å²) in [7, 11) is -4.91. The molecular weight excluding hydrogens is 471 g/mol. The van der Waals surface area contributed by atoms with Gasteiger partial charge in [-0.05, 0) is 61.7 Å². The van der Waals surface area contributed by atoms with Gasteiger partial charge in [0.25, 0.3) is 5.91 Å². The van der Waals surface area contributed by atoms with E-state index in [4.69, 9.17) is 5.73 Å². The average Bonchev–Trinajstić information content (AvgIpc) is 2.95. The Morgan fingerprint density at radius 1 is 1.06 bits per heavy atom. The Balaban J connectivity index is 2.22. The van der Waals surface area contributed by atoms with E-state index in [0.717, 1.165) is 29.5 Å². The van der Waals surface area contributed by atoms with Crippen LogP contribution in [0, 0.1) is 0 Å². The van der Waals surface area contributed by atoms with Gasteiger partial charge in [-0.3, -0.25) is 14.5 Å². The standard InChI is InChI=1S/C23H24F3N3O4S/c1-13(2)16-5-9-18(10-6-16)29-14(3)20(15(4)30)22(21(29)31,23(24,25)26)28-34(32,33)19-11-7-17(27)8-12-19/h5-13,28H,27H2,1-4H3. The van der Waals surface area contributed by atoms with E-state index in [1.165, 1.54) is 35.9 Å². The van der Waals surface area contributed by atoms with Crippen LogP contribution in [0.1, 0.15) is 39.2 Å². The minimum absolute atomic E-state index is 0.0726. The molecule has 182 valence electrons. The largest absolute Gasteiger partial charge is 0.421 e. The number of carbonyl (C=O) groups is 2. The van der Waals surface area contributed by atoms with E-state index in [9.17, 15) is 31.2 Å². The predicted octanol–water partition coefficient (Wildman–Crippen LogP) is 3.88. The van der Waals surface area contributed by atoms with Crippen molar-refractivity contribution in [3.05, 3.63) is 65.4 Å². The van der Waals surface area contributed by atoms with Crippen molar-refractivity contribution < 1.29 is 31.2 Å². The fraction of sp³-hybridized carbons (Fsp3) is 0.304. The Bertz CT molecular complexity index is 1270. The third-order valence-electron chi connectivity index (χ3n) is 5.67. The number of nitrogens with zero attached hydrogens (tertiary/aromatic N) is 1. The van der Waals surface area contributed by atoms with Crippen LogP contribution in [0.4, 0.5) is 24.5 Å². The van der Waals surface area contributed by atoms with Crippen LogP contribution < -0.4 is 15.4 Å². The summed E-state index contributed by atoms with van der Waals surface area (Å²) < 4.78 is 71.4. The summed E-state index contributed by atoms with van der Waals surface area (Å²) in [6.07, 6.45) is -5.47. The topological polar surface area (TPSA) is 110 Å². The van der Waals surface area contributed by atoms with E-state index in [2.05, 4.69) is 0 Å². The maximum atomic E-state index is 14.6. The van der Waals surface area contributed by atoms with Gasteiger partial charge in [-0.25, -0.2) is 8.42 Å². The average molecular weight is 496 g/mol. The molecule has 2 aromatic carbocycles. The highest BCUT2D eigenvalue weighted by atomic mass is 32.2. The molecule has 1 heterocycles. The molecule has 7 nitrogen and oxygen atoms in total. The summed E-state index contributed by atoms with van der Waals surface area (Å²) in [5.74, 6) is -2.60. The number of sulfonamides is 1. The van der Waals surface area contributed by atoms with E-state index in [1.807, 2.05) is 13.8 Å². The number of allylic oxidation sites excluding steroid dienone is 1. The first-order chi connectivity index (χ1) is 15.6. The van der Waals surface area contributed by atoms with E-state index < -0.39 is 43.9 Å². The van der Waals surface area contributed by atoms with Gasteiger partial charge < -0.3 is 5.73 Å². The van der Waals surface area contributed by atoms with Crippen molar-refractivity contribution >= 4 is 33.1 Å². The summed E-state index contributed by atoms with van der Waals surface area (Å²) in [5.41, 5.74) is 1.58. The Morgan fingerprint density at radius 3 is 2.03 bits per heavy atom. The van der Waals surface area contributed by atoms with Crippen molar-refractivity contribution in [2.45, 2.75) is 50.2 Å². The third-order valence-corrected chi connectivity index (χ3v) is 7.14. The van der Waals surface area contributed by atoms with E-state index in [0.29, 0.717) is 0 Å². The van der Waals surface area contributed by atoms with Crippen LogP contribution in [0.25, 0.3) is 0 Å². The van der Waals surface area contributed by atoms with Crippen LogP contribution in [0.15, 0.2) is 64.7 Å². The van der Waals surface area contributed by atoms with Crippen LogP contribution in [0.5, 0.6) is 0 Å². The lowest BCUT2D eigenvalue weighted by atomic mass is 9.88. The van der Waals surface area contributed by atoms with Crippen molar-refractivity contribution in [2.75, 3.05) is 10.6 Å². The summed E-state index contributed by atoms with van der Waals surface area (Å²) in [6, 6.07) is 10.6. The Hall–Kier alpha value is -3.18. The van der Waals surface area contributed by atoms with E-state index >= 15 is 0 Å². The molecule has 1 unspecified atom stereocenters. The van der Waals surface area contributed by atoms with E-state index in [-0.39, 0.29) is 23.0 Å². The molecule has 0 saturated heterocycles. The van der Waals surface area contributed by atoms with Crippen molar-refractivity contribution in [3.63, 3.8) is 0 Å². The molecule has 0 saturated carbocycles. The monoisotopic (exact) mass is 495 g/mol. The van der Waals surface area contributed by atoms with Gasteiger partial charge in [-0.2, -0.15) is 17.9 Å². The molecule has 0 spiro atoms. The molecule has 1 amide bonds. The maximum absolute atomic E-state index is 14.6. The van der Waals surface area contributed by atoms with Crippen molar-refractivity contribution in [2.24, 2.45) is 0 Å². The smallest absolute Gasteiger partial charge is 0.399 e. The molecule has 0 aliphatic carbocycles. The molecule has 0 fully saturated rings. The lowest BCUT2D eigenvalue weighted by Crippen LogP contribution is -2.66. The molecule has 1 aliphatic rings. The fourth-order valence-corrected chi connectivity index (χ4v) is 5.29. The number of benzene rings is 2. The first-order valence-electron chi connectivity index (χ1n) is 10.3. The lowest BCUT2D eigenvalue weighted by molar-refractivity contribution is -0.183. The number of anilines is 2. The second-order valence-corrected chi connectivity index (χ2v) is 10.0. The SMILES string of the molecule is CC(=O)C1=C(C)N(c2ccc(C(C)C)cc2)C(=O)C1(NS(=O)(=O)c1ccc(N)cc1)C(F)(F)F. The van der Waals surface area contributed by atoms with Crippen molar-refractivity contribution in [3.8, 4) is 0 Å². The highest BCUT2D eigenvalue weighted by molar-refractivity contribution is 7.89. The Labute approximate surface area is 195 Å². The van der Waals surface area contributed by atoms with Gasteiger partial charge in [0.05, 0.1) is 10.5 Å². The van der Waals surface area contributed by atoms with Gasteiger partial charge in [0.1, 0.15) is 0 Å². The fourth-order valence-electron chi connectivity index (χ4n) is 3.97. The quantitative estimate of drug-likeness (QED) is 0.591. The summed E-state index contributed by atoms with van der Waals surface area (Å²) in [4.78, 5) is 26.1. The number of rotatable bonds is 6. The number of halogens is 3. The van der Waals surface area contributed by atoms with Gasteiger partial charge in [0, 0.05) is 17.1 Å². The zero-order valence-electron chi connectivity index (χ0n) is 18.9. The molecule has 0 radical (unpaired) electrons. The predicted molar refractivity (Wildman–Crippen MR) is 121 cm³/mol. The highest BCUT2D eigenvalue weighted by Crippen LogP contribution is 2.47. The molecule has 34 heavy (non-hydrogen) atoms. The first-order valence-corrected chi connectivity index (χ1v) is 11.7. The minimum Gasteiger partial charge on any atom is -0.399 e. The molecule has 0 aromatic heterocycles. The molecular formula is C23H24F3N3O4S. The van der Waals surface area contributed by atoms with Crippen molar-refractivity contribution in [1.82, 2.24) is 4.72 Å². The zero-order valence-corrected chi connectivity index (χ0v) is 19.7. The molecule has 1 aliphatic heterocycles. The second-order valence-electron chi connectivity index (χ2n) is 8.33. The molecule has 3 rings (SSSR count). The summed E-state index contributed by atoms with van der Waals surface area (Å²) in [6.45, 7) is 5.89. The van der Waals surface area contributed by atoms with Crippen LogP contribution in [-0.2, 0) is 19.6 Å². The van der Waals surface area contributed by atoms with Crippen LogP contribution >= 0.6 is 0 Å². The molecule has 0 bridgehead atoms. The Morgan fingerprint density at radius 2 is 1.59 bits per heavy atom. The highest BCUT2D eigenvalue weighted by Gasteiger charge is 2.70. The first kappa shape index (κ1) is 25.4. The number of hydrogen-bond donors (Lipinski definition) is 2. The van der Waals surface area contributed by atoms with Gasteiger partial charge in [0.2, 0.25) is 15.6 Å². The van der Waals surface area contributed by atoms with Crippen LogP contribution in [0.3, 0.4) is 0 Å². The minimum atomic E-state index is -5.47. The lowest BCUT2D eigenvalue weighted by Gasteiger charge is -2.33. The molecule has 1 atom stereocenters. The number of nitrogens with one attached hydrogen (secondary N) is 1. The number of Topliss-reactive ketones (excluding diaryl/α,β-unsaturated/α-hetero) is 1. The summed E-state index contributed by atoms with van der Waals surface area (Å²) in [5, 5.41) is 0. The van der Waals surface area contributed by atoms with E-state index in [1.54, 1.807) is 12.1 Å². The number of amides is 1. The number of carbonyl (C=O) groups excluding carboxylic acids is 2. The van der Waals surface area contributed by atoms with Gasteiger partial charge in [-0.1, -0.05) is 26.0 Å². The van der Waals surface area contributed by atoms with Gasteiger partial charge in [0.15, 0.2) is 5.78 Å². The second kappa shape index (κ2) is 8.55. The zero-order chi connectivity index (χ0) is 25.6. The number of ketones is 1. The number of alkyl halides is 3. The summed E-state index contributed by atoms with van der Waals surface area (Å²) >= 11 is 0. The molecule has 2 aromatic rings. The van der Waals surface area contributed by atoms with Gasteiger partial charge in [-0.15, -0.1) is 0 Å². The van der Waals surface area contributed by atoms with Crippen molar-refractivity contribution in [1.29, 1.82) is 0 Å². The Kier molecular flexibility index (Phi) is 6.40. The van der Waals surface area contributed by atoms with Gasteiger partial charge >= 0.3 is 6.18 Å². The van der Waals surface area contributed by atoms with Crippen LogP contribution in [-0.4, -0.2) is 31.8 Å². The number of nitrogen functional groups attached to an aromatic ring is 1. The maximum Gasteiger partial charge on any atom is 0.421 e. The normalized spacial score (nSPS) is 19.3. The molecule has 3 N–H and O–H groups in total. The number of hydrogen-bond acceptors (Lipinski definition) is 5. The number of nitrogens with two attached hydrogens (primary N) is 1. The van der Waals surface area contributed by atoms with Crippen LogP contribution in [0.2, 0.25) is 0 Å². The third kappa shape index (κ3) is 4.09. The molecule has 11 heteroatoms.